The molecule has 0 atom stereocenters. The number of hydrogen-bond acceptors (Lipinski definition) is 2. The normalized spacial score (nSPS) is 11.4. The van der Waals surface area contributed by atoms with Crippen LogP contribution in [0.15, 0.2) is 29.3 Å². The van der Waals surface area contributed by atoms with Crippen molar-refractivity contribution in [3.05, 3.63) is 35.6 Å². The van der Waals surface area contributed by atoms with Gasteiger partial charge in [0.2, 0.25) is 0 Å². The molecule has 2 N–H and O–H groups in total. The summed E-state index contributed by atoms with van der Waals surface area (Å²) in [5, 5.41) is 6.34. The van der Waals surface area contributed by atoms with Gasteiger partial charge < -0.3 is 15.4 Å². The Morgan fingerprint density at radius 1 is 1.25 bits per heavy atom. The molecule has 0 saturated heterocycles. The van der Waals surface area contributed by atoms with Crippen molar-refractivity contribution in [3.63, 3.8) is 0 Å². The first-order chi connectivity index (χ1) is 9.77. The summed E-state index contributed by atoms with van der Waals surface area (Å²) in [7, 11) is 0. The Morgan fingerprint density at radius 2 is 2.05 bits per heavy atom. The molecule has 1 aromatic rings. The highest BCUT2D eigenvalue weighted by atomic mass is 19.1. The Labute approximate surface area is 120 Å². The zero-order valence-corrected chi connectivity index (χ0v) is 12.3. The Bertz CT molecular complexity index is 410. The molecule has 1 rings (SSSR count). The van der Waals surface area contributed by atoms with Gasteiger partial charge in [-0.05, 0) is 31.9 Å². The van der Waals surface area contributed by atoms with Crippen LogP contribution in [-0.2, 0) is 11.2 Å². The molecule has 1 aromatic carbocycles. The van der Waals surface area contributed by atoms with E-state index in [1.54, 1.807) is 12.1 Å². The highest BCUT2D eigenvalue weighted by Crippen LogP contribution is 2.05. The highest BCUT2D eigenvalue weighted by molar-refractivity contribution is 5.79. The molecule has 5 heteroatoms. The SMILES string of the molecule is CCNC(=NCCOCC)NCCc1ccccc1F. The zero-order valence-electron chi connectivity index (χ0n) is 12.3. The summed E-state index contributed by atoms with van der Waals surface area (Å²) in [6.07, 6.45) is 0.628. The van der Waals surface area contributed by atoms with Gasteiger partial charge in [-0.1, -0.05) is 18.2 Å². The minimum absolute atomic E-state index is 0.160. The van der Waals surface area contributed by atoms with Crippen LogP contribution in [0.4, 0.5) is 4.39 Å². The first-order valence-electron chi connectivity index (χ1n) is 7.11. The largest absolute Gasteiger partial charge is 0.380 e. The second-order valence-electron chi connectivity index (χ2n) is 4.23. The van der Waals surface area contributed by atoms with Gasteiger partial charge in [0.05, 0.1) is 13.2 Å². The van der Waals surface area contributed by atoms with Crippen molar-refractivity contribution in [2.24, 2.45) is 4.99 Å². The number of hydrogen-bond donors (Lipinski definition) is 2. The number of nitrogens with one attached hydrogen (secondary N) is 2. The van der Waals surface area contributed by atoms with Crippen LogP contribution in [0.25, 0.3) is 0 Å². The summed E-state index contributed by atoms with van der Waals surface area (Å²) in [5.74, 6) is 0.580. The molecular formula is C15H24FN3O. The third-order valence-electron chi connectivity index (χ3n) is 2.70. The zero-order chi connectivity index (χ0) is 14.6. The van der Waals surface area contributed by atoms with Gasteiger partial charge in [0, 0.05) is 19.7 Å². The fourth-order valence-corrected chi connectivity index (χ4v) is 1.72. The summed E-state index contributed by atoms with van der Waals surface area (Å²) >= 11 is 0. The molecular weight excluding hydrogens is 257 g/mol. The van der Waals surface area contributed by atoms with Crippen molar-refractivity contribution in [1.29, 1.82) is 0 Å². The third-order valence-corrected chi connectivity index (χ3v) is 2.70. The summed E-state index contributed by atoms with van der Waals surface area (Å²) in [4.78, 5) is 4.38. The van der Waals surface area contributed by atoms with Crippen LogP contribution in [0.5, 0.6) is 0 Å². The average molecular weight is 281 g/mol. The average Bonchev–Trinajstić information content (AvgIpc) is 2.45. The predicted octanol–water partition coefficient (Wildman–Crippen LogP) is 1.96. The maximum atomic E-state index is 13.5. The second-order valence-corrected chi connectivity index (χ2v) is 4.23. The van der Waals surface area contributed by atoms with Gasteiger partial charge >= 0.3 is 0 Å². The lowest BCUT2D eigenvalue weighted by molar-refractivity contribution is 0.155. The molecule has 20 heavy (non-hydrogen) atoms. The van der Waals surface area contributed by atoms with Crippen LogP contribution < -0.4 is 10.6 Å². The van der Waals surface area contributed by atoms with Crippen molar-refractivity contribution in [2.75, 3.05) is 32.8 Å². The van der Waals surface area contributed by atoms with E-state index in [1.807, 2.05) is 19.9 Å². The van der Waals surface area contributed by atoms with E-state index in [0.717, 1.165) is 12.5 Å². The summed E-state index contributed by atoms with van der Waals surface area (Å²) < 4.78 is 18.7. The topological polar surface area (TPSA) is 45.7 Å². The maximum absolute atomic E-state index is 13.5. The quantitative estimate of drug-likeness (QED) is 0.435. The van der Waals surface area contributed by atoms with Crippen LogP contribution in [0.1, 0.15) is 19.4 Å². The molecule has 0 saturated carbocycles. The summed E-state index contributed by atoms with van der Waals surface area (Å²) in [6, 6.07) is 6.83. The van der Waals surface area contributed by atoms with Crippen molar-refractivity contribution >= 4 is 5.96 Å². The molecule has 0 heterocycles. The molecule has 0 aliphatic carbocycles. The summed E-state index contributed by atoms with van der Waals surface area (Å²) in [6.45, 7) is 7.33. The van der Waals surface area contributed by atoms with E-state index in [2.05, 4.69) is 15.6 Å². The van der Waals surface area contributed by atoms with Gasteiger partial charge in [-0.25, -0.2) is 4.39 Å². The van der Waals surface area contributed by atoms with E-state index in [9.17, 15) is 4.39 Å². The smallest absolute Gasteiger partial charge is 0.191 e. The van der Waals surface area contributed by atoms with Crippen molar-refractivity contribution in [1.82, 2.24) is 10.6 Å². The van der Waals surface area contributed by atoms with E-state index in [1.165, 1.54) is 6.07 Å². The van der Waals surface area contributed by atoms with Crippen LogP contribution >= 0.6 is 0 Å². The lowest BCUT2D eigenvalue weighted by Crippen LogP contribution is -2.38. The molecule has 0 aliphatic rings. The van der Waals surface area contributed by atoms with Crippen molar-refractivity contribution in [3.8, 4) is 0 Å². The fourth-order valence-electron chi connectivity index (χ4n) is 1.72. The van der Waals surface area contributed by atoms with Crippen molar-refractivity contribution in [2.45, 2.75) is 20.3 Å². The van der Waals surface area contributed by atoms with Gasteiger partial charge in [-0.3, -0.25) is 4.99 Å². The van der Waals surface area contributed by atoms with Crippen molar-refractivity contribution < 1.29 is 9.13 Å². The molecule has 0 radical (unpaired) electrons. The molecule has 0 aliphatic heterocycles. The maximum Gasteiger partial charge on any atom is 0.191 e. The lowest BCUT2D eigenvalue weighted by atomic mass is 10.1. The third kappa shape index (κ3) is 6.52. The first kappa shape index (κ1) is 16.4. The highest BCUT2D eigenvalue weighted by Gasteiger charge is 2.01. The van der Waals surface area contributed by atoms with Crippen LogP contribution in [0.2, 0.25) is 0 Å². The molecule has 112 valence electrons. The minimum atomic E-state index is -0.160. The van der Waals surface area contributed by atoms with E-state index < -0.39 is 0 Å². The Balaban J connectivity index is 2.36. The second kappa shape index (κ2) is 10.2. The molecule has 0 spiro atoms. The standard InChI is InChI=1S/C15H24FN3O/c1-3-17-15(19-11-12-20-4-2)18-10-9-13-7-5-6-8-14(13)16/h5-8H,3-4,9-12H2,1-2H3,(H2,17,18,19). The molecule has 0 aromatic heterocycles. The fraction of sp³-hybridized carbons (Fsp3) is 0.533. The van der Waals surface area contributed by atoms with E-state index in [0.29, 0.717) is 38.3 Å². The monoisotopic (exact) mass is 281 g/mol. The molecule has 0 unspecified atom stereocenters. The Hall–Kier alpha value is -1.62. The molecule has 4 nitrogen and oxygen atoms in total. The molecule has 0 amide bonds. The van der Waals surface area contributed by atoms with Gasteiger partial charge in [-0.15, -0.1) is 0 Å². The minimum Gasteiger partial charge on any atom is -0.380 e. The number of nitrogens with zero attached hydrogens (tertiary/aromatic N) is 1. The van der Waals surface area contributed by atoms with Gasteiger partial charge in [0.15, 0.2) is 5.96 Å². The van der Waals surface area contributed by atoms with Crippen LogP contribution in [0.3, 0.4) is 0 Å². The van der Waals surface area contributed by atoms with Gasteiger partial charge in [0.1, 0.15) is 5.82 Å². The van der Waals surface area contributed by atoms with E-state index >= 15 is 0 Å². The number of rotatable bonds is 8. The Morgan fingerprint density at radius 3 is 2.75 bits per heavy atom. The number of aliphatic imine (C=N–C) groups is 1. The molecule has 0 fully saturated rings. The number of halogens is 1. The van der Waals surface area contributed by atoms with E-state index in [4.69, 9.17) is 4.74 Å². The number of ether oxygens (including phenoxy) is 1. The lowest BCUT2D eigenvalue weighted by Gasteiger charge is -2.11. The number of guanidine groups is 1. The van der Waals surface area contributed by atoms with Gasteiger partial charge in [-0.2, -0.15) is 0 Å². The summed E-state index contributed by atoms with van der Waals surface area (Å²) in [5.41, 5.74) is 0.713. The van der Waals surface area contributed by atoms with Crippen LogP contribution in [0, 0.1) is 5.82 Å². The first-order valence-corrected chi connectivity index (χ1v) is 7.11. The molecule has 0 bridgehead atoms. The Kier molecular flexibility index (Phi) is 8.38. The van der Waals surface area contributed by atoms with Crippen LogP contribution in [-0.4, -0.2) is 38.8 Å². The predicted molar refractivity (Wildman–Crippen MR) is 80.6 cm³/mol. The van der Waals surface area contributed by atoms with Gasteiger partial charge in [0.25, 0.3) is 0 Å². The van der Waals surface area contributed by atoms with E-state index in [-0.39, 0.29) is 5.82 Å². The number of benzene rings is 1.